The van der Waals surface area contributed by atoms with Crippen LogP contribution in [-0.2, 0) is 0 Å². The molecule has 0 N–H and O–H groups in total. The van der Waals surface area contributed by atoms with E-state index < -0.39 is 0 Å². The maximum atomic E-state index is 9.04. The zero-order valence-corrected chi connectivity index (χ0v) is 11.5. The molecule has 3 heteroatoms. The van der Waals surface area contributed by atoms with Crippen LogP contribution < -0.4 is 9.30 Å². The van der Waals surface area contributed by atoms with E-state index in [0.717, 1.165) is 23.4 Å². The van der Waals surface area contributed by atoms with Crippen molar-refractivity contribution < 1.29 is 9.30 Å². The molecule has 100 valence electrons. The van der Waals surface area contributed by atoms with E-state index in [0.29, 0.717) is 6.61 Å². The van der Waals surface area contributed by atoms with E-state index in [1.54, 1.807) is 6.20 Å². The first-order chi connectivity index (χ1) is 9.85. The van der Waals surface area contributed by atoms with Crippen molar-refractivity contribution in [2.75, 3.05) is 6.61 Å². The second-order valence-electron chi connectivity index (χ2n) is 4.32. The van der Waals surface area contributed by atoms with Gasteiger partial charge in [-0.3, -0.25) is 0 Å². The first kappa shape index (κ1) is 13.8. The molecule has 0 radical (unpaired) electrons. The SMILES string of the molecule is CCCOc1ccccc1/C=C/c1cccc[n+]1C#N. The predicted octanol–water partition coefficient (Wildman–Crippen LogP) is 3.26. The van der Waals surface area contributed by atoms with Crippen molar-refractivity contribution in [3.8, 4) is 11.9 Å². The van der Waals surface area contributed by atoms with E-state index in [4.69, 9.17) is 10.00 Å². The molecule has 0 atom stereocenters. The van der Waals surface area contributed by atoms with Gasteiger partial charge in [-0.05, 0) is 36.8 Å². The van der Waals surface area contributed by atoms with Gasteiger partial charge in [0.2, 0.25) is 0 Å². The lowest BCUT2D eigenvalue weighted by molar-refractivity contribution is -0.588. The Balaban J connectivity index is 2.25. The zero-order valence-electron chi connectivity index (χ0n) is 11.5. The molecule has 0 saturated carbocycles. The zero-order chi connectivity index (χ0) is 14.2. The maximum Gasteiger partial charge on any atom is 0.464 e. The van der Waals surface area contributed by atoms with E-state index in [2.05, 4.69) is 13.1 Å². The number of hydrogen-bond acceptors (Lipinski definition) is 2. The molecule has 1 aromatic carbocycles. The molecule has 20 heavy (non-hydrogen) atoms. The summed E-state index contributed by atoms with van der Waals surface area (Å²) in [6, 6.07) is 13.5. The molecule has 0 unspecified atom stereocenters. The summed E-state index contributed by atoms with van der Waals surface area (Å²) in [4.78, 5) is 0. The number of aromatic nitrogens is 1. The Kier molecular flexibility index (Phi) is 4.91. The highest BCUT2D eigenvalue weighted by atomic mass is 16.5. The van der Waals surface area contributed by atoms with Crippen LogP contribution >= 0.6 is 0 Å². The second kappa shape index (κ2) is 7.10. The summed E-state index contributed by atoms with van der Waals surface area (Å²) in [5.41, 5.74) is 1.84. The highest BCUT2D eigenvalue weighted by Gasteiger charge is 2.03. The molecule has 0 saturated heterocycles. The van der Waals surface area contributed by atoms with Gasteiger partial charge in [-0.25, -0.2) is 0 Å². The molecule has 0 bridgehead atoms. The number of nitrogens with zero attached hydrogens (tertiary/aromatic N) is 2. The normalized spacial score (nSPS) is 10.4. The number of nitriles is 1. The van der Waals surface area contributed by atoms with Gasteiger partial charge in [0.25, 0.3) is 0 Å². The van der Waals surface area contributed by atoms with Crippen LogP contribution in [0.5, 0.6) is 5.75 Å². The third kappa shape index (κ3) is 3.46. The monoisotopic (exact) mass is 265 g/mol. The Morgan fingerprint density at radius 2 is 1.95 bits per heavy atom. The molecule has 1 aromatic heterocycles. The number of pyridine rings is 1. The van der Waals surface area contributed by atoms with Crippen LogP contribution in [0.2, 0.25) is 0 Å². The lowest BCUT2D eigenvalue weighted by atomic mass is 10.1. The fraction of sp³-hybridized carbons (Fsp3) is 0.176. The molecular weight excluding hydrogens is 248 g/mol. The van der Waals surface area contributed by atoms with Crippen molar-refractivity contribution >= 4 is 12.2 Å². The molecule has 0 aliphatic heterocycles. The predicted molar refractivity (Wildman–Crippen MR) is 78.8 cm³/mol. The third-order valence-corrected chi connectivity index (χ3v) is 2.81. The van der Waals surface area contributed by atoms with E-state index in [1.807, 2.05) is 54.6 Å². The Labute approximate surface area is 119 Å². The fourth-order valence-corrected chi connectivity index (χ4v) is 1.82. The largest absolute Gasteiger partial charge is 0.493 e. The minimum absolute atomic E-state index is 0.703. The van der Waals surface area contributed by atoms with E-state index in [1.165, 1.54) is 4.57 Å². The highest BCUT2D eigenvalue weighted by molar-refractivity contribution is 5.70. The van der Waals surface area contributed by atoms with Crippen molar-refractivity contribution in [3.63, 3.8) is 0 Å². The maximum absolute atomic E-state index is 9.04. The highest BCUT2D eigenvalue weighted by Crippen LogP contribution is 2.20. The molecule has 0 aliphatic rings. The van der Waals surface area contributed by atoms with Gasteiger partial charge in [-0.1, -0.05) is 31.2 Å². The van der Waals surface area contributed by atoms with Crippen LogP contribution in [0, 0.1) is 11.5 Å². The molecule has 2 rings (SSSR count). The fourth-order valence-electron chi connectivity index (χ4n) is 1.82. The van der Waals surface area contributed by atoms with Gasteiger partial charge in [0.05, 0.1) is 6.61 Å². The van der Waals surface area contributed by atoms with Crippen LogP contribution in [0.1, 0.15) is 24.6 Å². The van der Waals surface area contributed by atoms with Gasteiger partial charge in [0.1, 0.15) is 17.6 Å². The second-order valence-corrected chi connectivity index (χ2v) is 4.32. The number of para-hydroxylation sites is 1. The molecule has 1 heterocycles. The quantitative estimate of drug-likeness (QED) is 0.778. The van der Waals surface area contributed by atoms with E-state index in [9.17, 15) is 0 Å². The molecule has 0 amide bonds. The topological polar surface area (TPSA) is 36.9 Å². The van der Waals surface area contributed by atoms with Crippen molar-refractivity contribution in [1.29, 1.82) is 5.26 Å². The molecule has 0 spiro atoms. The van der Waals surface area contributed by atoms with Gasteiger partial charge in [0, 0.05) is 5.56 Å². The van der Waals surface area contributed by atoms with Gasteiger partial charge in [-0.15, -0.1) is 4.57 Å². The minimum atomic E-state index is 0.703. The van der Waals surface area contributed by atoms with Gasteiger partial charge >= 0.3 is 6.19 Å². The molecule has 0 aliphatic carbocycles. The Hall–Kier alpha value is -2.60. The van der Waals surface area contributed by atoms with Crippen LogP contribution in [0.25, 0.3) is 12.2 Å². The molecule has 0 fully saturated rings. The summed E-state index contributed by atoms with van der Waals surface area (Å²) < 4.78 is 7.23. The lowest BCUT2D eigenvalue weighted by Gasteiger charge is -2.07. The van der Waals surface area contributed by atoms with Crippen LogP contribution in [-0.4, -0.2) is 6.61 Å². The summed E-state index contributed by atoms with van der Waals surface area (Å²) in [6.45, 7) is 2.78. The standard InChI is InChI=1S/C17H17N2O/c1-2-13-20-17-9-4-3-7-15(17)10-11-16-8-5-6-12-19(16)14-18/h3-12H,2,13H2,1H3/q+1/b11-10+. The van der Waals surface area contributed by atoms with Gasteiger partial charge < -0.3 is 4.74 Å². The van der Waals surface area contributed by atoms with E-state index in [-0.39, 0.29) is 0 Å². The third-order valence-electron chi connectivity index (χ3n) is 2.81. The molecular formula is C17H17N2O+. The summed E-state index contributed by atoms with van der Waals surface area (Å²) in [5, 5.41) is 9.04. The average Bonchev–Trinajstić information content (AvgIpc) is 2.52. The minimum Gasteiger partial charge on any atom is -0.493 e. The first-order valence-electron chi connectivity index (χ1n) is 6.66. The number of benzene rings is 1. The van der Waals surface area contributed by atoms with Gasteiger partial charge in [-0.2, -0.15) is 0 Å². The summed E-state index contributed by atoms with van der Waals surface area (Å²) >= 11 is 0. The number of ether oxygens (including phenoxy) is 1. The van der Waals surface area contributed by atoms with Crippen molar-refractivity contribution in [2.24, 2.45) is 0 Å². The summed E-state index contributed by atoms with van der Waals surface area (Å²) in [6.07, 6.45) is 8.71. The Morgan fingerprint density at radius 3 is 2.75 bits per heavy atom. The van der Waals surface area contributed by atoms with Crippen molar-refractivity contribution in [3.05, 3.63) is 59.9 Å². The smallest absolute Gasteiger partial charge is 0.464 e. The van der Waals surface area contributed by atoms with Crippen LogP contribution in [0.15, 0.2) is 48.7 Å². The van der Waals surface area contributed by atoms with Gasteiger partial charge in [0.15, 0.2) is 5.26 Å². The summed E-state index contributed by atoms with van der Waals surface area (Å²) in [7, 11) is 0. The number of rotatable bonds is 5. The van der Waals surface area contributed by atoms with Crippen LogP contribution in [0.4, 0.5) is 0 Å². The Bertz CT molecular complexity index is 641. The first-order valence-corrected chi connectivity index (χ1v) is 6.66. The lowest BCUT2D eigenvalue weighted by Crippen LogP contribution is -2.30. The molecule has 3 nitrogen and oxygen atoms in total. The van der Waals surface area contributed by atoms with Crippen molar-refractivity contribution in [1.82, 2.24) is 0 Å². The summed E-state index contributed by atoms with van der Waals surface area (Å²) in [5.74, 6) is 0.866. The number of hydrogen-bond donors (Lipinski definition) is 0. The average molecular weight is 265 g/mol. The van der Waals surface area contributed by atoms with Crippen molar-refractivity contribution in [2.45, 2.75) is 13.3 Å². The van der Waals surface area contributed by atoms with Crippen LogP contribution in [0.3, 0.4) is 0 Å². The molecule has 2 aromatic rings. The Morgan fingerprint density at radius 1 is 1.15 bits per heavy atom. The van der Waals surface area contributed by atoms with E-state index >= 15 is 0 Å².